The summed E-state index contributed by atoms with van der Waals surface area (Å²) in [6, 6.07) is 8.58. The number of hydrogen-bond donors (Lipinski definition) is 2. The van der Waals surface area contributed by atoms with Gasteiger partial charge in [-0.2, -0.15) is 0 Å². The first-order chi connectivity index (χ1) is 12.3. The van der Waals surface area contributed by atoms with Gasteiger partial charge in [-0.3, -0.25) is 4.99 Å². The van der Waals surface area contributed by atoms with Crippen LogP contribution in [0.15, 0.2) is 34.2 Å². The lowest BCUT2D eigenvalue weighted by atomic mass is 10.2. The van der Waals surface area contributed by atoms with Crippen LogP contribution in [-0.2, 0) is 11.3 Å². The van der Waals surface area contributed by atoms with Gasteiger partial charge in [-0.05, 0) is 51.1 Å². The van der Waals surface area contributed by atoms with Crippen LogP contribution in [-0.4, -0.2) is 55.0 Å². The molecule has 6 nitrogen and oxygen atoms in total. The molecule has 144 valence electrons. The van der Waals surface area contributed by atoms with Crippen molar-refractivity contribution in [1.29, 1.82) is 0 Å². The standard InChI is InChI=1S/C19H30N4O2S/c1-19(2,3)25-18(24)22-15-10-11-23(13-15)17(20-4)21-12-14-6-8-16(26-5)9-7-14/h6-9,15H,10-13H2,1-5H3,(H,20,21)(H,22,24)/t15-/m1/s1. The summed E-state index contributed by atoms with van der Waals surface area (Å²) in [4.78, 5) is 19.7. The molecule has 0 saturated carbocycles. The van der Waals surface area contributed by atoms with Crippen molar-refractivity contribution < 1.29 is 9.53 Å². The average molecular weight is 379 g/mol. The number of ether oxygens (including phenoxy) is 1. The van der Waals surface area contributed by atoms with Crippen LogP contribution < -0.4 is 10.6 Å². The molecule has 1 fully saturated rings. The third-order valence-electron chi connectivity index (χ3n) is 4.03. The van der Waals surface area contributed by atoms with Crippen LogP contribution in [0.4, 0.5) is 4.79 Å². The maximum Gasteiger partial charge on any atom is 0.407 e. The molecule has 1 aliphatic rings. The number of nitrogens with zero attached hydrogens (tertiary/aromatic N) is 2. The smallest absolute Gasteiger partial charge is 0.407 e. The van der Waals surface area contributed by atoms with Gasteiger partial charge in [0.2, 0.25) is 0 Å². The van der Waals surface area contributed by atoms with Crippen molar-refractivity contribution in [1.82, 2.24) is 15.5 Å². The van der Waals surface area contributed by atoms with E-state index in [4.69, 9.17) is 4.74 Å². The van der Waals surface area contributed by atoms with E-state index in [2.05, 4.69) is 51.0 Å². The zero-order valence-electron chi connectivity index (χ0n) is 16.3. The van der Waals surface area contributed by atoms with Crippen LogP contribution in [0.3, 0.4) is 0 Å². The van der Waals surface area contributed by atoms with Crippen LogP contribution in [0.5, 0.6) is 0 Å². The van der Waals surface area contributed by atoms with Crippen molar-refractivity contribution in [3.05, 3.63) is 29.8 Å². The van der Waals surface area contributed by atoms with Crippen LogP contribution >= 0.6 is 11.8 Å². The Balaban J connectivity index is 1.82. The van der Waals surface area contributed by atoms with E-state index in [1.165, 1.54) is 10.5 Å². The molecule has 0 radical (unpaired) electrons. The Morgan fingerprint density at radius 3 is 2.62 bits per heavy atom. The number of benzene rings is 1. The Morgan fingerprint density at radius 1 is 1.35 bits per heavy atom. The molecule has 1 aromatic rings. The molecule has 2 rings (SSSR count). The number of aliphatic imine (C=N–C) groups is 1. The zero-order valence-corrected chi connectivity index (χ0v) is 17.2. The van der Waals surface area contributed by atoms with Crippen molar-refractivity contribution in [2.75, 3.05) is 26.4 Å². The molecule has 0 unspecified atom stereocenters. The molecular weight excluding hydrogens is 348 g/mol. The quantitative estimate of drug-likeness (QED) is 0.479. The van der Waals surface area contributed by atoms with Crippen LogP contribution in [0.25, 0.3) is 0 Å². The highest BCUT2D eigenvalue weighted by molar-refractivity contribution is 7.98. The molecule has 1 aliphatic heterocycles. The van der Waals surface area contributed by atoms with Gasteiger partial charge in [-0.1, -0.05) is 12.1 Å². The topological polar surface area (TPSA) is 66.0 Å². The van der Waals surface area contributed by atoms with Crippen molar-refractivity contribution in [3.63, 3.8) is 0 Å². The number of hydrogen-bond acceptors (Lipinski definition) is 4. The van der Waals surface area contributed by atoms with Crippen molar-refractivity contribution in [3.8, 4) is 0 Å². The number of guanidine groups is 1. The highest BCUT2D eigenvalue weighted by atomic mass is 32.2. The minimum absolute atomic E-state index is 0.0734. The fourth-order valence-electron chi connectivity index (χ4n) is 2.80. The summed E-state index contributed by atoms with van der Waals surface area (Å²) in [5.74, 6) is 0.854. The molecule has 0 bridgehead atoms. The van der Waals surface area contributed by atoms with Gasteiger partial charge in [0.15, 0.2) is 5.96 Å². The van der Waals surface area contributed by atoms with Crippen molar-refractivity contribution >= 4 is 23.8 Å². The maximum absolute atomic E-state index is 11.9. The van der Waals surface area contributed by atoms with E-state index in [0.717, 1.165) is 32.0 Å². The van der Waals surface area contributed by atoms with E-state index >= 15 is 0 Å². The number of rotatable bonds is 4. The molecule has 1 aromatic carbocycles. The Bertz CT molecular complexity index is 625. The van der Waals surface area contributed by atoms with E-state index in [9.17, 15) is 4.79 Å². The monoisotopic (exact) mass is 378 g/mol. The highest BCUT2D eigenvalue weighted by Crippen LogP contribution is 2.15. The van der Waals surface area contributed by atoms with E-state index in [-0.39, 0.29) is 12.1 Å². The second kappa shape index (κ2) is 9.16. The summed E-state index contributed by atoms with van der Waals surface area (Å²) >= 11 is 1.74. The summed E-state index contributed by atoms with van der Waals surface area (Å²) in [5.41, 5.74) is 0.734. The largest absolute Gasteiger partial charge is 0.444 e. The number of likely N-dealkylation sites (tertiary alicyclic amines) is 1. The molecule has 1 amide bonds. The lowest BCUT2D eigenvalue weighted by Gasteiger charge is -2.23. The number of carbonyl (C=O) groups excluding carboxylic acids is 1. The first-order valence-corrected chi connectivity index (χ1v) is 10.1. The van der Waals surface area contributed by atoms with Crippen molar-refractivity contribution in [2.24, 2.45) is 4.99 Å². The fraction of sp³-hybridized carbons (Fsp3) is 0.579. The molecule has 0 aliphatic carbocycles. The zero-order chi connectivity index (χ0) is 19.2. The number of alkyl carbamates (subject to hydrolysis) is 1. The molecule has 1 atom stereocenters. The average Bonchev–Trinajstić information content (AvgIpc) is 3.02. The predicted molar refractivity (Wildman–Crippen MR) is 108 cm³/mol. The molecule has 1 saturated heterocycles. The van der Waals surface area contributed by atoms with Gasteiger partial charge in [0, 0.05) is 31.6 Å². The Labute approximate surface area is 160 Å². The van der Waals surface area contributed by atoms with E-state index in [0.29, 0.717) is 0 Å². The Kier molecular flexibility index (Phi) is 7.20. The third-order valence-corrected chi connectivity index (χ3v) is 4.77. The molecule has 0 aromatic heterocycles. The lowest BCUT2D eigenvalue weighted by Crippen LogP contribution is -2.44. The van der Waals surface area contributed by atoms with Gasteiger partial charge in [0.05, 0.1) is 6.04 Å². The molecule has 26 heavy (non-hydrogen) atoms. The van der Waals surface area contributed by atoms with Crippen LogP contribution in [0, 0.1) is 0 Å². The minimum Gasteiger partial charge on any atom is -0.444 e. The predicted octanol–water partition coefficient (Wildman–Crippen LogP) is 3.08. The highest BCUT2D eigenvalue weighted by Gasteiger charge is 2.27. The summed E-state index contributed by atoms with van der Waals surface area (Å²) in [6.07, 6.45) is 2.59. The van der Waals surface area contributed by atoms with Gasteiger partial charge in [0.25, 0.3) is 0 Å². The number of carbonyl (C=O) groups is 1. The van der Waals surface area contributed by atoms with Gasteiger partial charge in [-0.15, -0.1) is 11.8 Å². The summed E-state index contributed by atoms with van der Waals surface area (Å²) in [6.45, 7) is 7.90. The number of nitrogens with one attached hydrogen (secondary N) is 2. The van der Waals surface area contributed by atoms with E-state index < -0.39 is 5.60 Å². The second-order valence-corrected chi connectivity index (χ2v) is 8.21. The summed E-state index contributed by atoms with van der Waals surface area (Å²) in [5, 5.41) is 6.35. The maximum atomic E-state index is 11.9. The summed E-state index contributed by atoms with van der Waals surface area (Å²) in [7, 11) is 1.79. The fourth-order valence-corrected chi connectivity index (χ4v) is 3.21. The molecular formula is C19H30N4O2S. The Hall–Kier alpha value is -1.89. The van der Waals surface area contributed by atoms with Gasteiger partial charge in [-0.25, -0.2) is 4.79 Å². The molecule has 1 heterocycles. The normalized spacial score (nSPS) is 18.0. The lowest BCUT2D eigenvalue weighted by molar-refractivity contribution is 0.0507. The number of amides is 1. The summed E-state index contributed by atoms with van der Waals surface area (Å²) < 4.78 is 5.33. The van der Waals surface area contributed by atoms with E-state index in [1.54, 1.807) is 18.8 Å². The number of thioether (sulfide) groups is 1. The van der Waals surface area contributed by atoms with E-state index in [1.807, 2.05) is 20.8 Å². The second-order valence-electron chi connectivity index (χ2n) is 7.33. The van der Waals surface area contributed by atoms with Gasteiger partial charge in [0.1, 0.15) is 5.60 Å². The van der Waals surface area contributed by atoms with Crippen LogP contribution in [0.1, 0.15) is 32.8 Å². The third kappa shape index (κ3) is 6.44. The molecule has 7 heteroatoms. The van der Waals surface area contributed by atoms with Crippen molar-refractivity contribution in [2.45, 2.75) is 50.3 Å². The molecule has 2 N–H and O–H groups in total. The minimum atomic E-state index is -0.480. The Morgan fingerprint density at radius 2 is 2.04 bits per heavy atom. The van der Waals surface area contributed by atoms with Gasteiger partial charge >= 0.3 is 6.09 Å². The van der Waals surface area contributed by atoms with Gasteiger partial charge < -0.3 is 20.3 Å². The first kappa shape index (κ1) is 20.4. The first-order valence-electron chi connectivity index (χ1n) is 8.89. The van der Waals surface area contributed by atoms with Crippen LogP contribution in [0.2, 0.25) is 0 Å². The molecule has 0 spiro atoms. The SMILES string of the molecule is CN=C(NCc1ccc(SC)cc1)N1CC[C@@H](NC(=O)OC(C)(C)C)C1.